The number of anilines is 1. The minimum atomic E-state index is -4.23. The third-order valence-corrected chi connectivity index (χ3v) is 9.68. The maximum Gasteiger partial charge on any atom is 0.264 e. The summed E-state index contributed by atoms with van der Waals surface area (Å²) in [5, 5.41) is 2.94. The lowest BCUT2D eigenvalue weighted by Crippen LogP contribution is -2.53. The van der Waals surface area contributed by atoms with Crippen LogP contribution in [0.15, 0.2) is 102 Å². The molecule has 4 aromatic carbocycles. The van der Waals surface area contributed by atoms with Crippen molar-refractivity contribution in [2.24, 2.45) is 0 Å². The van der Waals surface area contributed by atoms with Gasteiger partial charge in [-0.3, -0.25) is 13.9 Å². The molecular formula is C37H42FN3O4S. The highest BCUT2D eigenvalue weighted by atomic mass is 32.2. The summed E-state index contributed by atoms with van der Waals surface area (Å²) in [6.07, 6.45) is 1.77. The highest BCUT2D eigenvalue weighted by molar-refractivity contribution is 7.92. The van der Waals surface area contributed by atoms with Crippen LogP contribution < -0.4 is 9.62 Å². The van der Waals surface area contributed by atoms with E-state index in [0.717, 1.165) is 33.8 Å². The Morgan fingerprint density at radius 3 is 2.15 bits per heavy atom. The van der Waals surface area contributed by atoms with Crippen LogP contribution in [0.4, 0.5) is 10.1 Å². The molecule has 0 unspecified atom stereocenters. The molecule has 0 aliphatic heterocycles. The summed E-state index contributed by atoms with van der Waals surface area (Å²) in [7, 11) is -4.23. The summed E-state index contributed by atoms with van der Waals surface area (Å²) in [4.78, 5) is 29.7. The zero-order valence-corrected chi connectivity index (χ0v) is 27.7. The first-order valence-corrected chi connectivity index (χ1v) is 17.0. The monoisotopic (exact) mass is 643 g/mol. The van der Waals surface area contributed by atoms with Gasteiger partial charge in [0.05, 0.1) is 10.6 Å². The van der Waals surface area contributed by atoms with Gasteiger partial charge in [0.1, 0.15) is 18.4 Å². The van der Waals surface area contributed by atoms with Gasteiger partial charge in [0.15, 0.2) is 0 Å². The molecule has 2 amide bonds. The average molecular weight is 644 g/mol. The molecule has 4 rings (SSSR count). The highest BCUT2D eigenvalue weighted by Gasteiger charge is 2.35. The molecule has 0 saturated heterocycles. The largest absolute Gasteiger partial charge is 0.354 e. The van der Waals surface area contributed by atoms with Crippen molar-refractivity contribution in [3.8, 4) is 0 Å². The van der Waals surface area contributed by atoms with E-state index in [1.54, 1.807) is 49.4 Å². The quantitative estimate of drug-likeness (QED) is 0.159. The first kappa shape index (κ1) is 34.4. The fourth-order valence-electron chi connectivity index (χ4n) is 5.31. The molecule has 0 radical (unpaired) electrons. The van der Waals surface area contributed by atoms with Crippen molar-refractivity contribution in [3.63, 3.8) is 0 Å². The standard InChI is InChI=1S/C37H42FN3O4S/c1-5-6-22-39-37(43)35(24-30-12-8-7-9-13-30)40(25-31-14-10-11-15-33(31)38)36(42)26-41(34-21-18-28(3)23-29(34)4)46(44,45)32-19-16-27(2)17-20-32/h7-21,23,35H,5-6,22,24-26H2,1-4H3,(H,39,43)/t35-/m1/s1. The number of sulfonamides is 1. The molecule has 1 N–H and O–H groups in total. The van der Waals surface area contributed by atoms with Gasteiger partial charge in [-0.1, -0.05) is 97.3 Å². The number of aryl methyl sites for hydroxylation is 3. The summed E-state index contributed by atoms with van der Waals surface area (Å²) in [5.74, 6) is -1.55. The number of halogens is 1. The van der Waals surface area contributed by atoms with Gasteiger partial charge >= 0.3 is 0 Å². The number of rotatable bonds is 14. The van der Waals surface area contributed by atoms with E-state index in [0.29, 0.717) is 17.8 Å². The van der Waals surface area contributed by atoms with E-state index in [4.69, 9.17) is 0 Å². The van der Waals surface area contributed by atoms with Crippen molar-refractivity contribution in [1.29, 1.82) is 0 Å². The number of carbonyl (C=O) groups is 2. The number of nitrogens with one attached hydrogen (secondary N) is 1. The molecule has 0 saturated carbocycles. The summed E-state index contributed by atoms with van der Waals surface area (Å²) in [6, 6.07) is 26.1. The van der Waals surface area contributed by atoms with E-state index in [-0.39, 0.29) is 29.3 Å². The van der Waals surface area contributed by atoms with Crippen LogP contribution in [-0.2, 0) is 32.6 Å². The number of carbonyl (C=O) groups excluding carboxylic acids is 2. The Labute approximate surface area is 272 Å². The van der Waals surface area contributed by atoms with Gasteiger partial charge in [0.25, 0.3) is 10.0 Å². The van der Waals surface area contributed by atoms with Crippen LogP contribution in [0.5, 0.6) is 0 Å². The van der Waals surface area contributed by atoms with Gasteiger partial charge in [-0.15, -0.1) is 0 Å². The van der Waals surface area contributed by atoms with E-state index in [1.807, 2.05) is 57.2 Å². The smallest absolute Gasteiger partial charge is 0.264 e. The predicted molar refractivity (Wildman–Crippen MR) is 180 cm³/mol. The van der Waals surface area contributed by atoms with E-state index < -0.39 is 34.3 Å². The molecular weight excluding hydrogens is 601 g/mol. The Morgan fingerprint density at radius 2 is 1.50 bits per heavy atom. The van der Waals surface area contributed by atoms with E-state index >= 15 is 4.39 Å². The van der Waals surface area contributed by atoms with Crippen molar-refractivity contribution in [2.75, 3.05) is 17.4 Å². The molecule has 242 valence electrons. The second kappa shape index (κ2) is 15.7. The first-order chi connectivity index (χ1) is 22.0. The maximum absolute atomic E-state index is 15.1. The lowest BCUT2D eigenvalue weighted by Gasteiger charge is -2.34. The van der Waals surface area contributed by atoms with Crippen molar-refractivity contribution in [1.82, 2.24) is 10.2 Å². The lowest BCUT2D eigenvalue weighted by atomic mass is 10.0. The molecule has 0 aliphatic carbocycles. The highest BCUT2D eigenvalue weighted by Crippen LogP contribution is 2.29. The van der Waals surface area contributed by atoms with Crippen molar-refractivity contribution < 1.29 is 22.4 Å². The van der Waals surface area contributed by atoms with Gasteiger partial charge in [-0.25, -0.2) is 12.8 Å². The zero-order chi connectivity index (χ0) is 33.3. The Morgan fingerprint density at radius 1 is 0.848 bits per heavy atom. The van der Waals surface area contributed by atoms with Gasteiger partial charge < -0.3 is 10.2 Å². The number of hydrogen-bond acceptors (Lipinski definition) is 4. The molecule has 46 heavy (non-hydrogen) atoms. The Hall–Kier alpha value is -4.50. The molecule has 4 aromatic rings. The predicted octanol–water partition coefficient (Wildman–Crippen LogP) is 6.50. The minimum Gasteiger partial charge on any atom is -0.354 e. The van der Waals surface area contributed by atoms with Gasteiger partial charge in [-0.05, 0) is 62.6 Å². The molecule has 0 spiro atoms. The van der Waals surface area contributed by atoms with Crippen LogP contribution >= 0.6 is 0 Å². The van der Waals surface area contributed by atoms with Gasteiger partial charge in [0.2, 0.25) is 11.8 Å². The van der Waals surface area contributed by atoms with Crippen molar-refractivity contribution in [2.45, 2.75) is 64.4 Å². The third-order valence-electron chi connectivity index (χ3n) is 7.91. The summed E-state index contributed by atoms with van der Waals surface area (Å²) >= 11 is 0. The second-order valence-electron chi connectivity index (χ2n) is 11.6. The Balaban J connectivity index is 1.82. The van der Waals surface area contributed by atoms with Crippen LogP contribution in [-0.4, -0.2) is 44.3 Å². The first-order valence-electron chi connectivity index (χ1n) is 15.5. The minimum absolute atomic E-state index is 0.0321. The van der Waals surface area contributed by atoms with Gasteiger partial charge in [0, 0.05) is 25.1 Å². The molecule has 7 nitrogen and oxygen atoms in total. The van der Waals surface area contributed by atoms with Crippen molar-refractivity contribution in [3.05, 3.63) is 131 Å². The maximum atomic E-state index is 15.1. The van der Waals surface area contributed by atoms with Crippen LogP contribution in [0.25, 0.3) is 0 Å². The van der Waals surface area contributed by atoms with E-state index in [1.165, 1.54) is 23.1 Å². The fourth-order valence-corrected chi connectivity index (χ4v) is 6.78. The van der Waals surface area contributed by atoms with Crippen LogP contribution in [0.3, 0.4) is 0 Å². The summed E-state index contributed by atoms with van der Waals surface area (Å²) in [6.45, 7) is 7.16. The number of amides is 2. The average Bonchev–Trinajstić information content (AvgIpc) is 3.03. The zero-order valence-electron chi connectivity index (χ0n) is 26.9. The molecule has 9 heteroatoms. The second-order valence-corrected chi connectivity index (χ2v) is 13.4. The Kier molecular flexibility index (Phi) is 11.7. The lowest BCUT2D eigenvalue weighted by molar-refractivity contribution is -0.140. The van der Waals surface area contributed by atoms with E-state index in [9.17, 15) is 18.0 Å². The van der Waals surface area contributed by atoms with Crippen LogP contribution in [0.2, 0.25) is 0 Å². The number of unbranched alkanes of at least 4 members (excludes halogenated alkanes) is 1. The van der Waals surface area contributed by atoms with E-state index in [2.05, 4.69) is 5.32 Å². The van der Waals surface area contributed by atoms with Crippen LogP contribution in [0, 0.1) is 26.6 Å². The number of nitrogens with zero attached hydrogens (tertiary/aromatic N) is 2. The molecule has 0 aliphatic rings. The van der Waals surface area contributed by atoms with Gasteiger partial charge in [-0.2, -0.15) is 0 Å². The third kappa shape index (κ3) is 8.60. The fraction of sp³-hybridized carbons (Fsp3) is 0.297. The normalized spacial score (nSPS) is 11.9. The molecule has 0 heterocycles. The van der Waals surface area contributed by atoms with Crippen molar-refractivity contribution >= 4 is 27.5 Å². The summed E-state index contributed by atoms with van der Waals surface area (Å²) < 4.78 is 44.6. The molecule has 0 bridgehead atoms. The van der Waals surface area contributed by atoms with Crippen LogP contribution in [0.1, 0.15) is 47.6 Å². The molecule has 0 fully saturated rings. The number of hydrogen-bond donors (Lipinski definition) is 1. The number of benzene rings is 4. The molecule has 1 atom stereocenters. The molecule has 0 aromatic heterocycles. The SMILES string of the molecule is CCCCNC(=O)[C@@H](Cc1ccccc1)N(Cc1ccccc1F)C(=O)CN(c1ccc(C)cc1C)S(=O)(=O)c1ccc(C)cc1. The Bertz CT molecular complexity index is 1740. The summed E-state index contributed by atoms with van der Waals surface area (Å²) in [5.41, 5.74) is 3.87. The topological polar surface area (TPSA) is 86.8 Å².